The summed E-state index contributed by atoms with van der Waals surface area (Å²) >= 11 is 0. The van der Waals surface area contributed by atoms with Crippen LogP contribution in [0.2, 0.25) is 0 Å². The van der Waals surface area contributed by atoms with Gasteiger partial charge >= 0.3 is 0 Å². The molecule has 1 amide bonds. The molecular formula is C14H14FN3O2. The summed E-state index contributed by atoms with van der Waals surface area (Å²) in [6.45, 7) is 1.76. The van der Waals surface area contributed by atoms with Crippen LogP contribution in [0.15, 0.2) is 28.8 Å². The second-order valence-corrected chi connectivity index (χ2v) is 4.67. The number of carbonyl (C=O) groups is 1. The zero-order valence-corrected chi connectivity index (χ0v) is 10.8. The molecule has 0 fully saturated rings. The smallest absolute Gasteiger partial charge is 0.274 e. The van der Waals surface area contributed by atoms with Crippen molar-refractivity contribution in [2.75, 3.05) is 6.54 Å². The Morgan fingerprint density at radius 3 is 3.00 bits per heavy atom. The first kappa shape index (κ1) is 12.8. The number of aromatic nitrogens is 1. The average Bonchev–Trinajstić information content (AvgIpc) is 2.90. The number of carbonyl (C=O) groups excluding carboxylic acids is 1. The number of benzene rings is 1. The molecule has 2 N–H and O–H groups in total. The lowest BCUT2D eigenvalue weighted by Gasteiger charge is -2.11. The monoisotopic (exact) mass is 275 g/mol. The molecule has 5 nitrogen and oxygen atoms in total. The third-order valence-electron chi connectivity index (χ3n) is 3.28. The van der Waals surface area contributed by atoms with E-state index in [9.17, 15) is 9.18 Å². The van der Waals surface area contributed by atoms with Gasteiger partial charge in [0.2, 0.25) is 0 Å². The maximum atomic E-state index is 12.8. The Labute approximate surface area is 115 Å². The molecule has 1 aromatic heterocycles. The summed E-state index contributed by atoms with van der Waals surface area (Å²) in [6.07, 6.45) is 0.744. The van der Waals surface area contributed by atoms with E-state index in [2.05, 4.69) is 15.8 Å². The topological polar surface area (TPSA) is 67.2 Å². The summed E-state index contributed by atoms with van der Waals surface area (Å²) in [5.74, 6) is 0.204. The van der Waals surface area contributed by atoms with E-state index in [0.29, 0.717) is 18.8 Å². The minimum absolute atomic E-state index is 0.275. The van der Waals surface area contributed by atoms with Crippen molar-refractivity contribution in [3.8, 4) is 0 Å². The standard InChI is InChI=1S/C14H14FN3O2/c15-10-3-1-9(2-4-10)7-17-14(19)13-11-8-16-6-5-12(11)20-18-13/h1-4,16H,5-8H2,(H,17,19). The van der Waals surface area contributed by atoms with Gasteiger partial charge in [0, 0.05) is 31.6 Å². The van der Waals surface area contributed by atoms with Gasteiger partial charge in [-0.1, -0.05) is 17.3 Å². The molecular weight excluding hydrogens is 261 g/mol. The van der Waals surface area contributed by atoms with Gasteiger partial charge in [-0.15, -0.1) is 0 Å². The van der Waals surface area contributed by atoms with Crippen molar-refractivity contribution in [1.29, 1.82) is 0 Å². The molecule has 20 heavy (non-hydrogen) atoms. The van der Waals surface area contributed by atoms with Crippen molar-refractivity contribution in [3.63, 3.8) is 0 Å². The van der Waals surface area contributed by atoms with Gasteiger partial charge in [0.15, 0.2) is 5.69 Å². The molecule has 0 aliphatic carbocycles. The van der Waals surface area contributed by atoms with Crippen LogP contribution in [0.5, 0.6) is 0 Å². The van der Waals surface area contributed by atoms with Crippen LogP contribution in [0.3, 0.4) is 0 Å². The first-order chi connectivity index (χ1) is 9.74. The first-order valence-corrected chi connectivity index (χ1v) is 6.45. The Hall–Kier alpha value is -2.21. The highest BCUT2D eigenvalue weighted by atomic mass is 19.1. The number of nitrogens with one attached hydrogen (secondary N) is 2. The van der Waals surface area contributed by atoms with Crippen molar-refractivity contribution in [1.82, 2.24) is 15.8 Å². The zero-order chi connectivity index (χ0) is 13.9. The fourth-order valence-electron chi connectivity index (χ4n) is 2.18. The minimum atomic E-state index is -0.295. The third kappa shape index (κ3) is 2.55. The summed E-state index contributed by atoms with van der Waals surface area (Å²) in [5.41, 5.74) is 1.98. The van der Waals surface area contributed by atoms with Crippen LogP contribution in [0, 0.1) is 5.82 Å². The van der Waals surface area contributed by atoms with Gasteiger partial charge in [-0.3, -0.25) is 4.79 Å². The van der Waals surface area contributed by atoms with Crippen LogP contribution >= 0.6 is 0 Å². The highest BCUT2D eigenvalue weighted by Crippen LogP contribution is 2.17. The van der Waals surface area contributed by atoms with Crippen LogP contribution in [0.1, 0.15) is 27.4 Å². The van der Waals surface area contributed by atoms with E-state index in [1.54, 1.807) is 12.1 Å². The predicted molar refractivity (Wildman–Crippen MR) is 69.5 cm³/mol. The molecule has 1 aromatic carbocycles. The third-order valence-corrected chi connectivity index (χ3v) is 3.28. The van der Waals surface area contributed by atoms with Crippen molar-refractivity contribution in [3.05, 3.63) is 52.7 Å². The second-order valence-electron chi connectivity index (χ2n) is 4.67. The molecule has 3 rings (SSSR count). The lowest BCUT2D eigenvalue weighted by molar-refractivity contribution is 0.0941. The molecule has 104 valence electrons. The van der Waals surface area contributed by atoms with Gasteiger partial charge in [0.25, 0.3) is 5.91 Å². The van der Waals surface area contributed by atoms with Crippen molar-refractivity contribution < 1.29 is 13.7 Å². The molecule has 0 saturated carbocycles. The van der Waals surface area contributed by atoms with Gasteiger partial charge in [0.1, 0.15) is 11.6 Å². The average molecular weight is 275 g/mol. The summed E-state index contributed by atoms with van der Waals surface area (Å²) in [6, 6.07) is 6.00. The Kier molecular flexibility index (Phi) is 3.47. The lowest BCUT2D eigenvalue weighted by Crippen LogP contribution is -2.28. The van der Waals surface area contributed by atoms with E-state index < -0.39 is 0 Å². The number of halogens is 1. The zero-order valence-electron chi connectivity index (χ0n) is 10.8. The maximum Gasteiger partial charge on any atom is 0.274 e. The molecule has 1 aliphatic heterocycles. The molecule has 0 radical (unpaired) electrons. The molecule has 0 unspecified atom stereocenters. The van der Waals surface area contributed by atoms with Gasteiger partial charge in [-0.05, 0) is 17.7 Å². The molecule has 2 heterocycles. The molecule has 0 saturated heterocycles. The van der Waals surface area contributed by atoms with Crippen molar-refractivity contribution >= 4 is 5.91 Å². The second kappa shape index (κ2) is 5.42. The number of rotatable bonds is 3. The normalized spacial score (nSPS) is 13.8. The van der Waals surface area contributed by atoms with Gasteiger partial charge in [-0.2, -0.15) is 0 Å². The van der Waals surface area contributed by atoms with Crippen LogP contribution in [0.4, 0.5) is 4.39 Å². The minimum Gasteiger partial charge on any atom is -0.360 e. The lowest BCUT2D eigenvalue weighted by atomic mass is 10.1. The van der Waals surface area contributed by atoms with Gasteiger partial charge < -0.3 is 15.2 Å². The van der Waals surface area contributed by atoms with Gasteiger partial charge in [0.05, 0.1) is 0 Å². The molecule has 1 aliphatic rings. The summed E-state index contributed by atoms with van der Waals surface area (Å²) < 4.78 is 18.0. The fourth-order valence-corrected chi connectivity index (χ4v) is 2.18. The van der Waals surface area contributed by atoms with Gasteiger partial charge in [-0.25, -0.2) is 4.39 Å². The number of fused-ring (bicyclic) bond motifs is 1. The Morgan fingerprint density at radius 1 is 1.40 bits per heavy atom. The molecule has 0 atom stereocenters. The number of nitrogens with zero attached hydrogens (tertiary/aromatic N) is 1. The highest BCUT2D eigenvalue weighted by Gasteiger charge is 2.23. The Bertz CT molecular complexity index is 622. The first-order valence-electron chi connectivity index (χ1n) is 6.45. The maximum absolute atomic E-state index is 12.8. The SMILES string of the molecule is O=C(NCc1ccc(F)cc1)c1noc2c1CNCC2. The Morgan fingerprint density at radius 2 is 2.20 bits per heavy atom. The van der Waals surface area contributed by atoms with Crippen LogP contribution in [-0.2, 0) is 19.5 Å². The Balaban J connectivity index is 1.67. The van der Waals surface area contributed by atoms with E-state index in [1.165, 1.54) is 12.1 Å². The quantitative estimate of drug-likeness (QED) is 0.888. The van der Waals surface area contributed by atoms with Crippen LogP contribution < -0.4 is 10.6 Å². The molecule has 0 bridgehead atoms. The molecule has 0 spiro atoms. The molecule has 2 aromatic rings. The molecule has 6 heteroatoms. The van der Waals surface area contributed by atoms with Crippen molar-refractivity contribution in [2.24, 2.45) is 0 Å². The van der Waals surface area contributed by atoms with E-state index in [1.807, 2.05) is 0 Å². The largest absolute Gasteiger partial charge is 0.360 e. The van der Waals surface area contributed by atoms with E-state index in [-0.39, 0.29) is 11.7 Å². The van der Waals surface area contributed by atoms with Crippen LogP contribution in [-0.4, -0.2) is 17.6 Å². The summed E-state index contributed by atoms with van der Waals surface area (Å²) in [4.78, 5) is 12.1. The fraction of sp³-hybridized carbons (Fsp3) is 0.286. The van der Waals surface area contributed by atoms with Crippen LogP contribution in [0.25, 0.3) is 0 Å². The van der Waals surface area contributed by atoms with Crippen molar-refractivity contribution in [2.45, 2.75) is 19.5 Å². The van der Waals surface area contributed by atoms with E-state index in [0.717, 1.165) is 29.9 Å². The number of hydrogen-bond donors (Lipinski definition) is 2. The number of hydrogen-bond acceptors (Lipinski definition) is 4. The summed E-state index contributed by atoms with van der Waals surface area (Å²) in [5, 5.41) is 9.78. The highest BCUT2D eigenvalue weighted by molar-refractivity contribution is 5.93. The van der Waals surface area contributed by atoms with E-state index in [4.69, 9.17) is 4.52 Å². The van der Waals surface area contributed by atoms with E-state index >= 15 is 0 Å². The predicted octanol–water partition coefficient (Wildman–Crippen LogP) is 1.39. The summed E-state index contributed by atoms with van der Waals surface area (Å²) in [7, 11) is 0. The number of amides is 1.